The van der Waals surface area contributed by atoms with Crippen LogP contribution in [0.1, 0.15) is 0 Å². The normalized spacial score (nSPS) is 24.7. The Balaban J connectivity index is 1.91. The number of ether oxygens (including phenoxy) is 2. The highest BCUT2D eigenvalue weighted by molar-refractivity contribution is 5.88. The van der Waals surface area contributed by atoms with E-state index in [4.69, 9.17) is 13.9 Å². The predicted octanol–water partition coefficient (Wildman–Crippen LogP) is -0.447. The number of hydrogen-bond acceptors (Lipinski definition) is 12. The summed E-state index contributed by atoms with van der Waals surface area (Å²) in [5, 5.41) is 78.3. The highest BCUT2D eigenvalue weighted by Gasteiger charge is 2.48. The topological polar surface area (TPSA) is 228 Å². The fourth-order valence-electron chi connectivity index (χ4n) is 3.50. The smallest absolute Gasteiger partial charge is 0.335 e. The Kier molecular flexibility index (Phi) is 5.70. The zero-order chi connectivity index (χ0) is 24.9. The van der Waals surface area contributed by atoms with Crippen LogP contribution in [-0.2, 0) is 9.53 Å². The summed E-state index contributed by atoms with van der Waals surface area (Å²) in [7, 11) is 0. The Hall–Kier alpha value is -4.04. The molecule has 5 atom stereocenters. The van der Waals surface area contributed by atoms with Gasteiger partial charge >= 0.3 is 5.97 Å². The van der Waals surface area contributed by atoms with Gasteiger partial charge in [-0.3, -0.25) is 4.79 Å². The van der Waals surface area contributed by atoms with Crippen molar-refractivity contribution in [3.8, 4) is 40.1 Å². The van der Waals surface area contributed by atoms with Crippen LogP contribution < -0.4 is 10.2 Å². The van der Waals surface area contributed by atoms with Crippen molar-refractivity contribution in [1.82, 2.24) is 0 Å². The molecule has 1 aromatic heterocycles. The van der Waals surface area contributed by atoms with E-state index < -0.39 is 82.0 Å². The van der Waals surface area contributed by atoms with Crippen molar-refractivity contribution in [3.63, 3.8) is 0 Å². The fourth-order valence-corrected chi connectivity index (χ4v) is 3.50. The van der Waals surface area contributed by atoms with E-state index in [9.17, 15) is 50.4 Å². The molecule has 0 amide bonds. The van der Waals surface area contributed by atoms with Gasteiger partial charge in [-0.2, -0.15) is 0 Å². The van der Waals surface area contributed by atoms with E-state index in [0.29, 0.717) is 0 Å². The number of phenolic OH excluding ortho intramolecular Hbond substituents is 4. The van der Waals surface area contributed by atoms with Crippen molar-refractivity contribution in [2.75, 3.05) is 0 Å². The van der Waals surface area contributed by atoms with Gasteiger partial charge in [0.2, 0.25) is 17.5 Å². The van der Waals surface area contributed by atoms with Gasteiger partial charge in [0.05, 0.1) is 0 Å². The molecule has 13 nitrogen and oxygen atoms in total. The number of carbonyl (C=O) groups is 1. The van der Waals surface area contributed by atoms with Crippen molar-refractivity contribution in [1.29, 1.82) is 0 Å². The average Bonchev–Trinajstić information content (AvgIpc) is 2.76. The highest BCUT2D eigenvalue weighted by atomic mass is 16.7. The molecule has 1 fully saturated rings. The van der Waals surface area contributed by atoms with Crippen LogP contribution in [-0.4, -0.2) is 77.5 Å². The molecule has 34 heavy (non-hydrogen) atoms. The summed E-state index contributed by atoms with van der Waals surface area (Å²) in [6.07, 6.45) is -10.1. The average molecular weight is 478 g/mol. The van der Waals surface area contributed by atoms with Crippen molar-refractivity contribution < 1.29 is 59.5 Å². The van der Waals surface area contributed by atoms with Crippen LogP contribution in [0.25, 0.3) is 22.3 Å². The molecule has 13 heteroatoms. The molecule has 0 spiro atoms. The minimum atomic E-state index is -2.03. The van der Waals surface area contributed by atoms with Crippen LogP contribution in [0, 0.1) is 0 Å². The van der Waals surface area contributed by atoms with E-state index in [0.717, 1.165) is 24.3 Å². The van der Waals surface area contributed by atoms with Gasteiger partial charge in [-0.1, -0.05) is 0 Å². The number of fused-ring (bicyclic) bond motifs is 1. The third kappa shape index (κ3) is 3.82. The minimum Gasteiger partial charge on any atom is -0.508 e. The predicted molar refractivity (Wildman–Crippen MR) is 110 cm³/mol. The largest absolute Gasteiger partial charge is 0.508 e. The Morgan fingerprint density at radius 1 is 0.882 bits per heavy atom. The molecule has 4 rings (SSSR count). The van der Waals surface area contributed by atoms with Gasteiger partial charge < -0.3 is 54.7 Å². The van der Waals surface area contributed by atoms with E-state index in [1.165, 1.54) is 6.07 Å². The molecule has 3 aromatic rings. The van der Waals surface area contributed by atoms with Crippen molar-refractivity contribution in [2.45, 2.75) is 30.7 Å². The van der Waals surface area contributed by atoms with Gasteiger partial charge in [-0.15, -0.1) is 0 Å². The molecule has 0 radical (unpaired) electrons. The first-order chi connectivity index (χ1) is 16.0. The van der Waals surface area contributed by atoms with Crippen LogP contribution in [0.2, 0.25) is 0 Å². The lowest BCUT2D eigenvalue weighted by Crippen LogP contribution is -2.61. The summed E-state index contributed by atoms with van der Waals surface area (Å²) < 4.78 is 16.1. The van der Waals surface area contributed by atoms with Gasteiger partial charge in [0.15, 0.2) is 23.4 Å². The second kappa shape index (κ2) is 8.39. The highest BCUT2D eigenvalue weighted by Crippen LogP contribution is 2.39. The fraction of sp³-hybridized carbons (Fsp3) is 0.238. The lowest BCUT2D eigenvalue weighted by Gasteiger charge is -2.38. The summed E-state index contributed by atoms with van der Waals surface area (Å²) in [6.45, 7) is 0. The molecule has 0 unspecified atom stereocenters. The summed E-state index contributed by atoms with van der Waals surface area (Å²) in [5.41, 5.74) is -1.40. The molecule has 0 bridgehead atoms. The number of benzene rings is 2. The summed E-state index contributed by atoms with van der Waals surface area (Å²) in [6, 6.07) is 5.13. The standard InChI is InChI=1S/C21H18O13/c22-7-4-10(25)12-11(5-7)32-17(6-1-2-8(23)9(24)3-6)18(13(12)26)33-21-16(29)14(27)15(28)19(34-21)20(30)31/h1-5,14-16,19,21-25,27-29H,(H,30,31)/t14-,15+,16+,19-,21-/m1/s1. The summed E-state index contributed by atoms with van der Waals surface area (Å²) >= 11 is 0. The van der Waals surface area contributed by atoms with Crippen LogP contribution in [0.5, 0.6) is 28.7 Å². The number of aliphatic hydroxyl groups is 3. The first-order valence-electron chi connectivity index (χ1n) is 9.64. The first kappa shape index (κ1) is 23.1. The number of carboxylic acids is 1. The Morgan fingerprint density at radius 2 is 1.59 bits per heavy atom. The summed E-state index contributed by atoms with van der Waals surface area (Å²) in [5.74, 6) is -5.11. The quantitative estimate of drug-likeness (QED) is 0.223. The Morgan fingerprint density at radius 3 is 2.24 bits per heavy atom. The third-order valence-electron chi connectivity index (χ3n) is 5.20. The lowest BCUT2D eigenvalue weighted by molar-refractivity contribution is -0.271. The molecule has 8 N–H and O–H groups in total. The first-order valence-corrected chi connectivity index (χ1v) is 9.64. The van der Waals surface area contributed by atoms with E-state index >= 15 is 0 Å². The van der Waals surface area contributed by atoms with Gasteiger partial charge in [-0.25, -0.2) is 4.79 Å². The van der Waals surface area contributed by atoms with Gasteiger partial charge in [-0.05, 0) is 18.2 Å². The zero-order valence-electron chi connectivity index (χ0n) is 16.9. The van der Waals surface area contributed by atoms with E-state index in [1.807, 2.05) is 0 Å². The summed E-state index contributed by atoms with van der Waals surface area (Å²) in [4.78, 5) is 24.6. The molecule has 0 aliphatic carbocycles. The van der Waals surface area contributed by atoms with Crippen LogP contribution >= 0.6 is 0 Å². The van der Waals surface area contributed by atoms with E-state index in [-0.39, 0.29) is 11.1 Å². The van der Waals surface area contributed by atoms with Crippen LogP contribution in [0.3, 0.4) is 0 Å². The maximum absolute atomic E-state index is 13.2. The molecular formula is C21H18O13. The third-order valence-corrected chi connectivity index (χ3v) is 5.20. The molecular weight excluding hydrogens is 460 g/mol. The molecule has 2 heterocycles. The van der Waals surface area contributed by atoms with Crippen LogP contribution in [0.15, 0.2) is 39.5 Å². The maximum atomic E-state index is 13.2. The number of carboxylic acid groups (broad SMARTS) is 1. The zero-order valence-corrected chi connectivity index (χ0v) is 16.9. The van der Waals surface area contributed by atoms with E-state index in [2.05, 4.69) is 0 Å². The Bertz CT molecular complexity index is 1330. The number of phenols is 4. The van der Waals surface area contributed by atoms with Crippen molar-refractivity contribution >= 4 is 16.9 Å². The SMILES string of the molecule is O=C(O)[C@@H]1O[C@@H](Oc2c(-c3ccc(O)c(O)c3)oc3cc(O)cc(O)c3c2=O)[C@@H](O)[C@H](O)[C@@H]1O. The van der Waals surface area contributed by atoms with Gasteiger partial charge in [0.1, 0.15) is 40.8 Å². The second-order valence-corrected chi connectivity index (χ2v) is 7.48. The van der Waals surface area contributed by atoms with Crippen molar-refractivity contribution in [3.05, 3.63) is 40.6 Å². The molecule has 1 aliphatic heterocycles. The number of aliphatic hydroxyl groups excluding tert-OH is 3. The van der Waals surface area contributed by atoms with E-state index in [1.54, 1.807) is 0 Å². The van der Waals surface area contributed by atoms with Crippen LogP contribution in [0.4, 0.5) is 0 Å². The minimum absolute atomic E-state index is 0.0483. The number of hydrogen-bond donors (Lipinski definition) is 8. The maximum Gasteiger partial charge on any atom is 0.335 e. The lowest BCUT2D eigenvalue weighted by atomic mass is 9.99. The number of aromatic hydroxyl groups is 4. The molecule has 1 saturated heterocycles. The molecule has 1 aliphatic rings. The van der Waals surface area contributed by atoms with Crippen molar-refractivity contribution in [2.24, 2.45) is 0 Å². The monoisotopic (exact) mass is 478 g/mol. The van der Waals surface area contributed by atoms with Gasteiger partial charge in [0, 0.05) is 17.7 Å². The molecule has 180 valence electrons. The second-order valence-electron chi connectivity index (χ2n) is 7.48. The number of aliphatic carboxylic acids is 1. The van der Waals surface area contributed by atoms with Gasteiger partial charge in [0.25, 0.3) is 0 Å². The molecule has 2 aromatic carbocycles. The number of rotatable bonds is 4. The Labute approximate surface area is 188 Å². The molecule has 0 saturated carbocycles.